The van der Waals surface area contributed by atoms with Crippen LogP contribution in [0.2, 0.25) is 0 Å². The summed E-state index contributed by atoms with van der Waals surface area (Å²) >= 11 is 11.8. The van der Waals surface area contributed by atoms with Gasteiger partial charge in [-0.15, -0.1) is 11.6 Å². The summed E-state index contributed by atoms with van der Waals surface area (Å²) in [5.74, 6) is 0.344. The van der Waals surface area contributed by atoms with Crippen LogP contribution < -0.4 is 0 Å². The Labute approximate surface area is 110 Å². The zero-order valence-corrected chi connectivity index (χ0v) is 12.3. The van der Waals surface area contributed by atoms with Gasteiger partial charge < -0.3 is 0 Å². The molecule has 1 aromatic rings. The van der Waals surface area contributed by atoms with Crippen molar-refractivity contribution in [1.82, 2.24) is 4.98 Å². The fourth-order valence-electron chi connectivity index (χ4n) is 0.972. The van der Waals surface area contributed by atoms with Crippen LogP contribution in [0, 0.1) is 0 Å². The van der Waals surface area contributed by atoms with Crippen molar-refractivity contribution in [2.24, 2.45) is 0 Å². The van der Waals surface area contributed by atoms with Gasteiger partial charge in [0.1, 0.15) is 0 Å². The third-order valence-electron chi connectivity index (χ3n) is 1.62. The number of hydrogen-bond acceptors (Lipinski definition) is 3. The Balaban J connectivity index is 3.05. The van der Waals surface area contributed by atoms with Crippen molar-refractivity contribution >= 4 is 53.3 Å². The normalized spacial score (nSPS) is 11.7. The van der Waals surface area contributed by atoms with Crippen molar-refractivity contribution < 1.29 is 8.42 Å². The molecule has 0 unspecified atom stereocenters. The Morgan fingerprint density at radius 3 is 2.60 bits per heavy atom. The number of aromatic nitrogens is 1. The second kappa shape index (κ2) is 5.61. The average molecular weight is 377 g/mol. The summed E-state index contributed by atoms with van der Waals surface area (Å²) in [7, 11) is -3.33. The predicted molar refractivity (Wildman–Crippen MR) is 67.0 cm³/mol. The molecule has 1 aromatic heterocycles. The minimum Gasteiger partial charge on any atom is -0.242 e. The SMILES string of the molecule is O=S(=O)(CCCCl)c1ncc(Br)cc1Br. The van der Waals surface area contributed by atoms with Gasteiger partial charge >= 0.3 is 0 Å². The van der Waals surface area contributed by atoms with E-state index < -0.39 is 9.84 Å². The van der Waals surface area contributed by atoms with Crippen LogP contribution in [0.3, 0.4) is 0 Å². The molecule has 0 radical (unpaired) electrons. The summed E-state index contributed by atoms with van der Waals surface area (Å²) in [5.41, 5.74) is 0. The predicted octanol–water partition coefficient (Wildman–Crippen LogP) is 3.01. The van der Waals surface area contributed by atoms with Crippen LogP contribution in [0.15, 0.2) is 26.2 Å². The van der Waals surface area contributed by atoms with E-state index in [1.165, 1.54) is 6.20 Å². The van der Waals surface area contributed by atoms with Gasteiger partial charge in [0.15, 0.2) is 14.9 Å². The minimum absolute atomic E-state index is 0.0176. The van der Waals surface area contributed by atoms with E-state index in [1.807, 2.05) is 0 Å². The van der Waals surface area contributed by atoms with E-state index in [2.05, 4.69) is 36.8 Å². The number of pyridine rings is 1. The maximum Gasteiger partial charge on any atom is 0.196 e. The molecule has 15 heavy (non-hydrogen) atoms. The zero-order chi connectivity index (χ0) is 11.5. The van der Waals surface area contributed by atoms with Crippen molar-refractivity contribution in [2.45, 2.75) is 11.4 Å². The molecule has 0 aromatic carbocycles. The summed E-state index contributed by atoms with van der Waals surface area (Å²) in [6.45, 7) is 0. The first kappa shape index (κ1) is 13.4. The molecule has 0 aliphatic rings. The molecular weight excluding hydrogens is 369 g/mol. The number of sulfone groups is 1. The fourth-order valence-corrected chi connectivity index (χ4v) is 4.28. The number of hydrogen-bond donors (Lipinski definition) is 0. The minimum atomic E-state index is -3.33. The summed E-state index contributed by atoms with van der Waals surface area (Å²) in [6.07, 6.45) is 1.88. The number of alkyl halides is 1. The third-order valence-corrected chi connectivity index (χ3v) is 4.92. The Kier molecular flexibility index (Phi) is 5.02. The molecular formula is C8H8Br2ClNO2S. The lowest BCUT2D eigenvalue weighted by molar-refractivity contribution is 0.590. The van der Waals surface area contributed by atoms with Gasteiger partial charge in [0.05, 0.1) is 10.2 Å². The number of nitrogens with zero attached hydrogens (tertiary/aromatic N) is 1. The molecule has 0 atom stereocenters. The zero-order valence-electron chi connectivity index (χ0n) is 7.58. The van der Waals surface area contributed by atoms with Crippen LogP contribution in [-0.2, 0) is 9.84 Å². The van der Waals surface area contributed by atoms with Crippen LogP contribution in [0.1, 0.15) is 6.42 Å². The van der Waals surface area contributed by atoms with Gasteiger partial charge in [-0.25, -0.2) is 13.4 Å². The number of rotatable bonds is 4. The Bertz CT molecular complexity index is 450. The first-order valence-corrected chi connectivity index (χ1v) is 7.84. The van der Waals surface area contributed by atoms with Crippen LogP contribution in [0.4, 0.5) is 0 Å². The highest BCUT2D eigenvalue weighted by atomic mass is 79.9. The molecule has 3 nitrogen and oxygen atoms in total. The topological polar surface area (TPSA) is 47.0 Å². The van der Waals surface area contributed by atoms with Crippen molar-refractivity contribution in [2.75, 3.05) is 11.6 Å². The maximum absolute atomic E-state index is 11.8. The highest BCUT2D eigenvalue weighted by molar-refractivity contribution is 9.11. The quantitative estimate of drug-likeness (QED) is 0.758. The Hall–Kier alpha value is 0.350. The summed E-state index contributed by atoms with van der Waals surface area (Å²) in [4.78, 5) is 3.88. The smallest absolute Gasteiger partial charge is 0.196 e. The third kappa shape index (κ3) is 3.69. The molecule has 0 saturated heterocycles. The van der Waals surface area contributed by atoms with Crippen molar-refractivity contribution in [1.29, 1.82) is 0 Å². The van der Waals surface area contributed by atoms with Gasteiger partial charge in [0.25, 0.3) is 0 Å². The molecule has 0 fully saturated rings. The molecule has 7 heteroatoms. The van der Waals surface area contributed by atoms with Crippen LogP contribution in [0.25, 0.3) is 0 Å². The van der Waals surface area contributed by atoms with E-state index in [-0.39, 0.29) is 10.8 Å². The van der Waals surface area contributed by atoms with Gasteiger partial charge in [-0.2, -0.15) is 0 Å². The monoisotopic (exact) mass is 375 g/mol. The molecule has 0 aliphatic heterocycles. The molecule has 1 rings (SSSR count). The van der Waals surface area contributed by atoms with E-state index in [0.29, 0.717) is 16.8 Å². The molecule has 0 aliphatic carbocycles. The average Bonchev–Trinajstić information content (AvgIpc) is 2.14. The first-order valence-electron chi connectivity index (χ1n) is 4.07. The van der Waals surface area contributed by atoms with Gasteiger partial charge in [-0.1, -0.05) is 0 Å². The van der Waals surface area contributed by atoms with E-state index >= 15 is 0 Å². The van der Waals surface area contributed by atoms with E-state index in [4.69, 9.17) is 11.6 Å². The molecule has 0 saturated carbocycles. The van der Waals surface area contributed by atoms with E-state index in [0.717, 1.165) is 4.47 Å². The summed E-state index contributed by atoms with van der Waals surface area (Å²) in [5, 5.41) is 0.0656. The van der Waals surface area contributed by atoms with Crippen molar-refractivity contribution in [3.8, 4) is 0 Å². The van der Waals surface area contributed by atoms with Crippen LogP contribution in [0.5, 0.6) is 0 Å². The second-order valence-electron chi connectivity index (χ2n) is 2.80. The number of halogens is 3. The first-order chi connectivity index (χ1) is 6.97. The fraction of sp³-hybridized carbons (Fsp3) is 0.375. The highest BCUT2D eigenvalue weighted by Crippen LogP contribution is 2.24. The Morgan fingerprint density at radius 2 is 2.07 bits per heavy atom. The van der Waals surface area contributed by atoms with Crippen molar-refractivity contribution in [3.63, 3.8) is 0 Å². The lowest BCUT2D eigenvalue weighted by Crippen LogP contribution is -2.10. The lowest BCUT2D eigenvalue weighted by Gasteiger charge is -2.04. The molecule has 0 N–H and O–H groups in total. The largest absolute Gasteiger partial charge is 0.242 e. The second-order valence-corrected chi connectivity index (χ2v) is 6.97. The molecule has 0 spiro atoms. The molecule has 0 bridgehead atoms. The van der Waals surface area contributed by atoms with Crippen LogP contribution in [-0.4, -0.2) is 25.0 Å². The van der Waals surface area contributed by atoms with E-state index in [9.17, 15) is 8.42 Å². The molecule has 0 amide bonds. The highest BCUT2D eigenvalue weighted by Gasteiger charge is 2.19. The van der Waals surface area contributed by atoms with Crippen molar-refractivity contribution in [3.05, 3.63) is 21.2 Å². The Morgan fingerprint density at radius 1 is 1.40 bits per heavy atom. The standard InChI is InChI=1S/C8H8Br2ClNO2S/c9-6-4-7(10)8(12-5-6)15(13,14)3-1-2-11/h4-5H,1-3H2. The lowest BCUT2D eigenvalue weighted by atomic mass is 10.5. The molecule has 84 valence electrons. The van der Waals surface area contributed by atoms with Gasteiger partial charge in [-0.3, -0.25) is 0 Å². The van der Waals surface area contributed by atoms with E-state index in [1.54, 1.807) is 6.07 Å². The summed E-state index contributed by atoms with van der Waals surface area (Å²) < 4.78 is 24.7. The van der Waals surface area contributed by atoms with Gasteiger partial charge in [-0.05, 0) is 44.3 Å². The summed E-state index contributed by atoms with van der Waals surface area (Å²) in [6, 6.07) is 1.65. The molecule has 1 heterocycles. The maximum atomic E-state index is 11.8. The van der Waals surface area contributed by atoms with Gasteiger partial charge in [0.2, 0.25) is 0 Å². The van der Waals surface area contributed by atoms with Crippen LogP contribution >= 0.6 is 43.5 Å². The van der Waals surface area contributed by atoms with Gasteiger partial charge in [0, 0.05) is 16.5 Å².